The number of benzene rings is 1. The van der Waals surface area contributed by atoms with Crippen molar-refractivity contribution in [1.82, 2.24) is 0 Å². The van der Waals surface area contributed by atoms with Crippen LogP contribution in [0.15, 0.2) is 33.9 Å². The molecule has 0 nitrogen and oxygen atoms in total. The molecule has 100 valence electrons. The van der Waals surface area contributed by atoms with Gasteiger partial charge in [-0.25, -0.2) is 0 Å². The molecule has 1 aromatic rings. The molecule has 0 atom stereocenters. The van der Waals surface area contributed by atoms with E-state index < -0.39 is 19.8 Å². The Kier molecular flexibility index (Phi) is 14.9. The van der Waals surface area contributed by atoms with Crippen LogP contribution in [0.25, 0.3) is 3.58 Å². The van der Waals surface area contributed by atoms with E-state index in [0.717, 1.165) is 0 Å². The largest absolute Gasteiger partial charge is 0.0683 e. The molecule has 1 aromatic carbocycles. The Balaban J connectivity index is 0. The van der Waals surface area contributed by atoms with E-state index in [0.29, 0.717) is 0 Å². The molecular formula is C15H26I2. The summed E-state index contributed by atoms with van der Waals surface area (Å²) in [6.07, 6.45) is 0. The first-order valence-electron chi connectivity index (χ1n) is 6.04. The second-order valence-corrected chi connectivity index (χ2v) is 9.98. The maximum Gasteiger partial charge on any atom is -0.0683 e. The zero-order valence-electron chi connectivity index (χ0n) is 12.1. The molecule has 0 amide bonds. The summed E-state index contributed by atoms with van der Waals surface area (Å²) >= 11 is 1.58. The van der Waals surface area contributed by atoms with E-state index in [1.165, 1.54) is 9.14 Å². The van der Waals surface area contributed by atoms with Crippen molar-refractivity contribution in [3.63, 3.8) is 0 Å². The van der Waals surface area contributed by atoms with E-state index in [-0.39, 0.29) is 0 Å². The van der Waals surface area contributed by atoms with E-state index in [2.05, 4.69) is 69.7 Å². The molecule has 0 aliphatic carbocycles. The van der Waals surface area contributed by atoms with Crippen molar-refractivity contribution in [3.05, 3.63) is 39.5 Å². The molecule has 0 saturated heterocycles. The number of hydrogen-bond donors (Lipinski definition) is 0. The van der Waals surface area contributed by atoms with Crippen LogP contribution >= 0.6 is 42.4 Å². The molecule has 0 spiro atoms. The Bertz CT molecular complexity index is 296. The molecule has 0 heterocycles. The molecule has 0 aliphatic rings. The van der Waals surface area contributed by atoms with Crippen LogP contribution in [0.3, 0.4) is 0 Å². The quantitative estimate of drug-likeness (QED) is 0.344. The van der Waals surface area contributed by atoms with Crippen molar-refractivity contribution in [2.24, 2.45) is 0 Å². The molecule has 0 fully saturated rings. The van der Waals surface area contributed by atoms with Gasteiger partial charge in [-0.1, -0.05) is 27.7 Å². The number of rotatable bonds is 2. The van der Waals surface area contributed by atoms with Gasteiger partial charge < -0.3 is 0 Å². The van der Waals surface area contributed by atoms with E-state index in [1.54, 1.807) is 3.58 Å². The molecule has 0 bridgehead atoms. The topological polar surface area (TPSA) is 0 Å². The van der Waals surface area contributed by atoms with Crippen LogP contribution in [0.1, 0.15) is 40.2 Å². The summed E-state index contributed by atoms with van der Waals surface area (Å²) in [4.78, 5) is 4.79. The molecule has 0 unspecified atom stereocenters. The number of halogens is 2. The SMILES string of the molecule is C/C(I)=C(/c1ccccc1)I(C)C.CC.CC. The minimum atomic E-state index is -0.864. The van der Waals surface area contributed by atoms with E-state index in [1.807, 2.05) is 27.7 Å². The van der Waals surface area contributed by atoms with Gasteiger partial charge >= 0.3 is 102 Å². The zero-order valence-corrected chi connectivity index (χ0v) is 16.5. The van der Waals surface area contributed by atoms with E-state index >= 15 is 0 Å². The van der Waals surface area contributed by atoms with Gasteiger partial charge in [-0.05, 0) is 0 Å². The van der Waals surface area contributed by atoms with Crippen molar-refractivity contribution in [2.75, 3.05) is 9.86 Å². The van der Waals surface area contributed by atoms with Gasteiger partial charge in [-0.2, -0.15) is 0 Å². The van der Waals surface area contributed by atoms with Gasteiger partial charge in [0.15, 0.2) is 0 Å². The summed E-state index contributed by atoms with van der Waals surface area (Å²) < 4.78 is 3.07. The minimum Gasteiger partial charge on any atom is -0.0683 e. The third kappa shape index (κ3) is 8.19. The third-order valence-corrected chi connectivity index (χ3v) is 6.87. The summed E-state index contributed by atoms with van der Waals surface area (Å²) in [5, 5.41) is 0. The predicted octanol–water partition coefficient (Wildman–Crippen LogP) is 6.63. The van der Waals surface area contributed by atoms with E-state index in [4.69, 9.17) is 0 Å². The third-order valence-electron chi connectivity index (χ3n) is 1.71. The van der Waals surface area contributed by atoms with Crippen LogP contribution in [0, 0.1) is 0 Å². The number of hydrogen-bond acceptors (Lipinski definition) is 0. The van der Waals surface area contributed by atoms with Crippen LogP contribution < -0.4 is 0 Å². The van der Waals surface area contributed by atoms with Crippen LogP contribution in [0.4, 0.5) is 0 Å². The fourth-order valence-corrected chi connectivity index (χ4v) is 7.40. The average molecular weight is 460 g/mol. The van der Waals surface area contributed by atoms with Gasteiger partial charge in [0, 0.05) is 0 Å². The van der Waals surface area contributed by atoms with Gasteiger partial charge in [0.05, 0.1) is 0 Å². The average Bonchev–Trinajstić information content (AvgIpc) is 2.34. The zero-order chi connectivity index (χ0) is 13.8. The second-order valence-electron chi connectivity index (χ2n) is 2.97. The molecule has 17 heavy (non-hydrogen) atoms. The van der Waals surface area contributed by atoms with Crippen LogP contribution in [0.5, 0.6) is 0 Å². The Morgan fingerprint density at radius 2 is 1.35 bits per heavy atom. The standard InChI is InChI=1S/C11H14I2.2C2H6/c1-9(12)11(13(2)3)10-7-5-4-6-8-10;2*1-2/h4-8H,1-3H3;2*1-2H3/b11-9+;;. The Morgan fingerprint density at radius 1 is 0.941 bits per heavy atom. The summed E-state index contributed by atoms with van der Waals surface area (Å²) in [6.45, 7) is 10.2. The number of alkyl halides is 2. The molecule has 0 aromatic heterocycles. The van der Waals surface area contributed by atoms with Gasteiger partial charge in [-0.3, -0.25) is 0 Å². The Labute approximate surface area is 129 Å². The normalized spacial score (nSPS) is 11.2. The summed E-state index contributed by atoms with van der Waals surface area (Å²) in [5.41, 5.74) is 1.42. The summed E-state index contributed by atoms with van der Waals surface area (Å²) in [6, 6.07) is 10.8. The van der Waals surface area contributed by atoms with Crippen LogP contribution in [0.2, 0.25) is 0 Å². The van der Waals surface area contributed by atoms with Crippen molar-refractivity contribution in [3.8, 4) is 0 Å². The van der Waals surface area contributed by atoms with E-state index in [9.17, 15) is 0 Å². The molecule has 0 saturated carbocycles. The minimum absolute atomic E-state index is 0.864. The first-order valence-corrected chi connectivity index (χ1v) is 12.5. The van der Waals surface area contributed by atoms with Crippen molar-refractivity contribution in [1.29, 1.82) is 0 Å². The van der Waals surface area contributed by atoms with Gasteiger partial charge in [0.1, 0.15) is 0 Å². The fourth-order valence-electron chi connectivity index (χ4n) is 1.26. The van der Waals surface area contributed by atoms with Gasteiger partial charge in [-0.15, -0.1) is 0 Å². The summed E-state index contributed by atoms with van der Waals surface area (Å²) in [5.74, 6) is 0. The summed E-state index contributed by atoms with van der Waals surface area (Å²) in [7, 11) is 0. The van der Waals surface area contributed by atoms with Crippen LogP contribution in [-0.2, 0) is 0 Å². The van der Waals surface area contributed by atoms with Gasteiger partial charge in [0.2, 0.25) is 0 Å². The number of allylic oxidation sites excluding steroid dienone is 1. The van der Waals surface area contributed by atoms with Crippen molar-refractivity contribution in [2.45, 2.75) is 34.6 Å². The maximum atomic E-state index is 2.44. The molecule has 0 radical (unpaired) electrons. The maximum absolute atomic E-state index is 2.44. The smallest absolute Gasteiger partial charge is 0.0683 e. The first kappa shape index (κ1) is 19.8. The van der Waals surface area contributed by atoms with Gasteiger partial charge in [0.25, 0.3) is 0 Å². The molecule has 1 rings (SSSR count). The first-order chi connectivity index (χ1) is 8.13. The molecule has 0 aliphatic heterocycles. The molecular weight excluding hydrogens is 434 g/mol. The van der Waals surface area contributed by atoms with Crippen LogP contribution in [-0.4, -0.2) is 9.86 Å². The van der Waals surface area contributed by atoms with Crippen molar-refractivity contribution < 1.29 is 0 Å². The Morgan fingerprint density at radius 3 is 1.65 bits per heavy atom. The Hall–Kier alpha value is 0.420. The fraction of sp³-hybridized carbons (Fsp3) is 0.467. The predicted molar refractivity (Wildman–Crippen MR) is 102 cm³/mol. The van der Waals surface area contributed by atoms with Crippen molar-refractivity contribution >= 4 is 46.0 Å². The monoisotopic (exact) mass is 460 g/mol. The molecule has 0 N–H and O–H groups in total. The molecule has 2 heteroatoms. The second kappa shape index (κ2) is 12.9.